The monoisotopic (exact) mass is 376 g/mol. The molecule has 5 nitrogen and oxygen atoms in total. The highest BCUT2D eigenvalue weighted by Gasteiger charge is 2.11. The number of amides is 1. The maximum absolute atomic E-state index is 10.9. The van der Waals surface area contributed by atoms with Gasteiger partial charge in [-0.1, -0.05) is 54.1 Å². The van der Waals surface area contributed by atoms with Gasteiger partial charge in [0.1, 0.15) is 0 Å². The molecular weight excluding hydrogens is 348 g/mol. The third-order valence-electron chi connectivity index (χ3n) is 4.54. The van der Waals surface area contributed by atoms with E-state index in [1.807, 2.05) is 10.7 Å². The Morgan fingerprint density at radius 2 is 1.89 bits per heavy atom. The van der Waals surface area contributed by atoms with Crippen molar-refractivity contribution in [3.63, 3.8) is 0 Å². The van der Waals surface area contributed by atoms with Gasteiger partial charge in [-0.25, -0.2) is 0 Å². The molecule has 0 aliphatic rings. The summed E-state index contributed by atoms with van der Waals surface area (Å²) in [7, 11) is 0. The summed E-state index contributed by atoms with van der Waals surface area (Å²) in [6.45, 7) is 6.69. The molecule has 0 spiro atoms. The van der Waals surface area contributed by atoms with Crippen LogP contribution in [0, 0.1) is 6.92 Å². The van der Waals surface area contributed by atoms with E-state index in [1.165, 1.54) is 16.7 Å². The van der Waals surface area contributed by atoms with E-state index in [1.54, 1.807) is 6.92 Å². The molecule has 1 amide bonds. The van der Waals surface area contributed by atoms with Crippen LogP contribution in [0.5, 0.6) is 0 Å². The number of nitrogens with one attached hydrogen (secondary N) is 2. The quantitative estimate of drug-likeness (QED) is 0.562. The maximum Gasteiger partial charge on any atom is 0.216 e. The second-order valence-corrected chi connectivity index (χ2v) is 7.07. The highest BCUT2D eigenvalue weighted by atomic mass is 16.1. The van der Waals surface area contributed by atoms with E-state index in [9.17, 15) is 4.79 Å². The first kappa shape index (κ1) is 19.8. The van der Waals surface area contributed by atoms with Gasteiger partial charge in [-0.2, -0.15) is 5.10 Å². The van der Waals surface area contributed by atoms with E-state index in [4.69, 9.17) is 5.10 Å². The minimum Gasteiger partial charge on any atom is -0.356 e. The summed E-state index contributed by atoms with van der Waals surface area (Å²) in [4.78, 5) is 10.9. The van der Waals surface area contributed by atoms with Crippen molar-refractivity contribution >= 4 is 5.91 Å². The summed E-state index contributed by atoms with van der Waals surface area (Å²) in [5.74, 6) is 0.0175. The maximum atomic E-state index is 10.9. The Balaban J connectivity index is 1.71. The largest absolute Gasteiger partial charge is 0.356 e. The van der Waals surface area contributed by atoms with Gasteiger partial charge in [0.05, 0.1) is 12.2 Å². The number of rotatable bonds is 9. The van der Waals surface area contributed by atoms with Crippen LogP contribution in [0.1, 0.15) is 30.0 Å². The molecule has 2 N–H and O–H groups in total. The van der Waals surface area contributed by atoms with E-state index >= 15 is 0 Å². The van der Waals surface area contributed by atoms with Crippen LogP contribution in [-0.2, 0) is 17.9 Å². The predicted octanol–water partition coefficient (Wildman–Crippen LogP) is 3.52. The molecule has 0 saturated heterocycles. The molecule has 1 heterocycles. The summed E-state index contributed by atoms with van der Waals surface area (Å²) in [5.41, 5.74) is 5.80. The van der Waals surface area contributed by atoms with Crippen LogP contribution in [0.15, 0.2) is 60.8 Å². The molecule has 0 saturated carbocycles. The molecule has 28 heavy (non-hydrogen) atoms. The molecule has 3 aromatic rings. The molecule has 0 aliphatic heterocycles. The second-order valence-electron chi connectivity index (χ2n) is 7.07. The van der Waals surface area contributed by atoms with Gasteiger partial charge in [-0.3, -0.25) is 9.48 Å². The Morgan fingerprint density at radius 1 is 1.07 bits per heavy atom. The van der Waals surface area contributed by atoms with Crippen molar-refractivity contribution in [3.8, 4) is 11.3 Å². The summed E-state index contributed by atoms with van der Waals surface area (Å²) in [6, 6.07) is 18.8. The number of nitrogens with zero attached hydrogens (tertiary/aromatic N) is 2. The molecule has 1 aromatic heterocycles. The highest BCUT2D eigenvalue weighted by molar-refractivity contribution is 5.72. The van der Waals surface area contributed by atoms with Gasteiger partial charge in [0.15, 0.2) is 0 Å². The lowest BCUT2D eigenvalue weighted by atomic mass is 10.1. The zero-order valence-electron chi connectivity index (χ0n) is 16.6. The molecule has 0 aliphatic carbocycles. The lowest BCUT2D eigenvalue weighted by Crippen LogP contribution is -2.25. The van der Waals surface area contributed by atoms with Gasteiger partial charge in [0.2, 0.25) is 5.91 Å². The average Bonchev–Trinajstić information content (AvgIpc) is 3.08. The SMILES string of the molecule is CC(=O)NCCCNCc1cn(Cc2ccccc2)nc1-c1cccc(C)c1. The van der Waals surface area contributed by atoms with E-state index in [0.29, 0.717) is 6.54 Å². The Labute approximate surface area is 166 Å². The van der Waals surface area contributed by atoms with E-state index in [2.05, 4.69) is 72.3 Å². The summed E-state index contributed by atoms with van der Waals surface area (Å²) >= 11 is 0. The summed E-state index contributed by atoms with van der Waals surface area (Å²) in [5, 5.41) is 11.2. The standard InChI is InChI=1S/C23H28N4O/c1-18-8-6-11-21(14-18)23-22(15-24-12-7-13-25-19(2)28)17-27(26-23)16-20-9-4-3-5-10-20/h3-6,8-11,14,17,24H,7,12-13,15-16H2,1-2H3,(H,25,28). The molecule has 0 unspecified atom stereocenters. The third kappa shape index (κ3) is 5.79. The molecule has 2 aromatic carbocycles. The normalized spacial score (nSPS) is 10.8. The predicted molar refractivity (Wildman–Crippen MR) is 113 cm³/mol. The van der Waals surface area contributed by atoms with Gasteiger partial charge in [-0.05, 0) is 31.5 Å². The fourth-order valence-corrected chi connectivity index (χ4v) is 3.18. The Hall–Kier alpha value is -2.92. The number of carbonyl (C=O) groups excluding carboxylic acids is 1. The van der Waals surface area contributed by atoms with Crippen molar-refractivity contribution in [2.75, 3.05) is 13.1 Å². The van der Waals surface area contributed by atoms with Crippen molar-refractivity contribution < 1.29 is 4.79 Å². The minimum absolute atomic E-state index is 0.0175. The fourth-order valence-electron chi connectivity index (χ4n) is 3.18. The topological polar surface area (TPSA) is 59.0 Å². The molecule has 5 heteroatoms. The molecule has 146 valence electrons. The highest BCUT2D eigenvalue weighted by Crippen LogP contribution is 2.23. The Bertz CT molecular complexity index is 902. The number of benzene rings is 2. The molecule has 3 rings (SSSR count). The van der Waals surface area contributed by atoms with Crippen LogP contribution in [0.25, 0.3) is 11.3 Å². The van der Waals surface area contributed by atoms with Crippen molar-refractivity contribution in [1.29, 1.82) is 0 Å². The van der Waals surface area contributed by atoms with Crippen LogP contribution < -0.4 is 10.6 Å². The van der Waals surface area contributed by atoms with Gasteiger partial charge < -0.3 is 10.6 Å². The zero-order valence-corrected chi connectivity index (χ0v) is 16.6. The fraction of sp³-hybridized carbons (Fsp3) is 0.304. The number of hydrogen-bond acceptors (Lipinski definition) is 3. The zero-order chi connectivity index (χ0) is 19.8. The number of hydrogen-bond donors (Lipinski definition) is 2. The van der Waals surface area contributed by atoms with Crippen molar-refractivity contribution in [1.82, 2.24) is 20.4 Å². The van der Waals surface area contributed by atoms with Crippen LogP contribution in [0.4, 0.5) is 0 Å². The van der Waals surface area contributed by atoms with Crippen LogP contribution in [0.2, 0.25) is 0 Å². The first-order chi connectivity index (χ1) is 13.6. The van der Waals surface area contributed by atoms with Crippen LogP contribution in [0.3, 0.4) is 0 Å². The van der Waals surface area contributed by atoms with Gasteiger partial charge in [0, 0.05) is 37.3 Å². The molecule has 0 atom stereocenters. The molecular formula is C23H28N4O. The summed E-state index contributed by atoms with van der Waals surface area (Å²) < 4.78 is 2.02. The van der Waals surface area contributed by atoms with Crippen molar-refractivity contribution in [2.24, 2.45) is 0 Å². The van der Waals surface area contributed by atoms with Gasteiger partial charge in [0.25, 0.3) is 0 Å². The first-order valence-corrected chi connectivity index (χ1v) is 9.74. The lowest BCUT2D eigenvalue weighted by Gasteiger charge is -2.06. The molecule has 0 bridgehead atoms. The first-order valence-electron chi connectivity index (χ1n) is 9.74. The van der Waals surface area contributed by atoms with Crippen molar-refractivity contribution in [2.45, 2.75) is 33.4 Å². The number of aryl methyl sites for hydroxylation is 1. The van der Waals surface area contributed by atoms with Crippen LogP contribution in [-0.4, -0.2) is 28.8 Å². The smallest absolute Gasteiger partial charge is 0.216 e. The third-order valence-corrected chi connectivity index (χ3v) is 4.54. The van der Waals surface area contributed by atoms with E-state index in [0.717, 1.165) is 37.3 Å². The Morgan fingerprint density at radius 3 is 2.64 bits per heavy atom. The molecule has 0 radical (unpaired) electrons. The average molecular weight is 377 g/mol. The van der Waals surface area contributed by atoms with E-state index in [-0.39, 0.29) is 5.91 Å². The summed E-state index contributed by atoms with van der Waals surface area (Å²) in [6.07, 6.45) is 3.03. The molecule has 0 fully saturated rings. The van der Waals surface area contributed by atoms with Crippen molar-refractivity contribution in [3.05, 3.63) is 77.5 Å². The lowest BCUT2D eigenvalue weighted by molar-refractivity contribution is -0.118. The van der Waals surface area contributed by atoms with E-state index < -0.39 is 0 Å². The number of aromatic nitrogens is 2. The van der Waals surface area contributed by atoms with Crippen LogP contribution >= 0.6 is 0 Å². The Kier molecular flexibility index (Phi) is 6.98. The van der Waals surface area contributed by atoms with Gasteiger partial charge >= 0.3 is 0 Å². The number of carbonyl (C=O) groups is 1. The minimum atomic E-state index is 0.0175. The second kappa shape index (κ2) is 9.85. The van der Waals surface area contributed by atoms with Gasteiger partial charge in [-0.15, -0.1) is 0 Å².